The van der Waals surface area contributed by atoms with Crippen molar-refractivity contribution in [1.29, 1.82) is 0 Å². The molecule has 19 heavy (non-hydrogen) atoms. The molecule has 1 saturated heterocycles. The smallest absolute Gasteiger partial charge is 0.0971 e. The second kappa shape index (κ2) is 9.70. The van der Waals surface area contributed by atoms with Crippen molar-refractivity contribution in [3.05, 3.63) is 0 Å². The highest BCUT2D eigenvalue weighted by Gasteiger charge is 2.35. The summed E-state index contributed by atoms with van der Waals surface area (Å²) in [5.74, 6) is 0. The third kappa shape index (κ3) is 5.38. The summed E-state index contributed by atoms with van der Waals surface area (Å²) in [4.78, 5) is 2.45. The van der Waals surface area contributed by atoms with Crippen molar-refractivity contribution in [2.45, 2.75) is 63.7 Å². The van der Waals surface area contributed by atoms with Crippen LogP contribution in [0.2, 0.25) is 0 Å². The molecule has 0 radical (unpaired) electrons. The molecule has 0 aromatic heterocycles. The van der Waals surface area contributed by atoms with Crippen LogP contribution in [0.4, 0.5) is 0 Å². The second-order valence-corrected chi connectivity index (χ2v) is 5.59. The number of rotatable bonds is 10. The molecule has 1 rings (SSSR count). The summed E-state index contributed by atoms with van der Waals surface area (Å²) < 4.78 is 11.0. The molecule has 1 fully saturated rings. The zero-order valence-corrected chi connectivity index (χ0v) is 12.9. The van der Waals surface area contributed by atoms with Crippen LogP contribution in [0, 0.1) is 0 Å². The van der Waals surface area contributed by atoms with Gasteiger partial charge < -0.3 is 15.2 Å². The Kier molecular flexibility index (Phi) is 8.62. The van der Waals surface area contributed by atoms with Gasteiger partial charge in [-0.15, -0.1) is 0 Å². The van der Waals surface area contributed by atoms with Crippen molar-refractivity contribution in [2.75, 3.05) is 33.9 Å². The van der Waals surface area contributed by atoms with E-state index in [1.54, 1.807) is 14.2 Å². The predicted molar refractivity (Wildman–Crippen MR) is 79.4 cm³/mol. The van der Waals surface area contributed by atoms with Crippen LogP contribution < -0.4 is 5.73 Å². The Balaban J connectivity index is 2.30. The van der Waals surface area contributed by atoms with Crippen LogP contribution >= 0.6 is 0 Å². The number of likely N-dealkylation sites (tertiary alicyclic amines) is 1. The molecular weight excluding hydrogens is 240 g/mol. The van der Waals surface area contributed by atoms with E-state index in [4.69, 9.17) is 15.2 Å². The van der Waals surface area contributed by atoms with Crippen molar-refractivity contribution in [2.24, 2.45) is 5.73 Å². The highest BCUT2D eigenvalue weighted by Crippen LogP contribution is 2.20. The summed E-state index contributed by atoms with van der Waals surface area (Å²) in [7, 11) is 3.53. The normalized spacial score (nSPS) is 25.9. The topological polar surface area (TPSA) is 47.7 Å². The number of unbranched alkanes of at least 4 members (excludes halogenated alkanes) is 4. The van der Waals surface area contributed by atoms with E-state index in [-0.39, 0.29) is 12.2 Å². The average molecular weight is 272 g/mol. The standard InChI is InChI=1S/C15H32N2O2/c1-4-5-6-7-8-9-13(10-16)17-11-14(18-2)15(12-17)19-3/h13-15H,4-12,16H2,1-3H3. The van der Waals surface area contributed by atoms with Gasteiger partial charge >= 0.3 is 0 Å². The lowest BCUT2D eigenvalue weighted by Gasteiger charge is -2.26. The fourth-order valence-electron chi connectivity index (χ4n) is 2.96. The Morgan fingerprint density at radius 2 is 1.63 bits per heavy atom. The molecule has 1 aliphatic rings. The van der Waals surface area contributed by atoms with Gasteiger partial charge in [0.15, 0.2) is 0 Å². The largest absolute Gasteiger partial charge is 0.377 e. The van der Waals surface area contributed by atoms with Crippen molar-refractivity contribution in [1.82, 2.24) is 4.90 Å². The third-order valence-electron chi connectivity index (χ3n) is 4.28. The number of nitrogens with zero attached hydrogens (tertiary/aromatic N) is 1. The van der Waals surface area contributed by atoms with Crippen molar-refractivity contribution in [3.63, 3.8) is 0 Å². The highest BCUT2D eigenvalue weighted by molar-refractivity contribution is 4.89. The first-order chi connectivity index (χ1) is 9.26. The van der Waals surface area contributed by atoms with E-state index < -0.39 is 0 Å². The van der Waals surface area contributed by atoms with Gasteiger partial charge in [0, 0.05) is 39.9 Å². The lowest BCUT2D eigenvalue weighted by atomic mass is 10.1. The number of methoxy groups -OCH3 is 2. The van der Waals surface area contributed by atoms with E-state index in [0.29, 0.717) is 6.04 Å². The molecule has 1 heterocycles. The Morgan fingerprint density at radius 1 is 1.05 bits per heavy atom. The molecule has 114 valence electrons. The molecule has 0 spiro atoms. The van der Waals surface area contributed by atoms with E-state index in [0.717, 1.165) is 19.6 Å². The van der Waals surface area contributed by atoms with Crippen molar-refractivity contribution in [3.8, 4) is 0 Å². The third-order valence-corrected chi connectivity index (χ3v) is 4.28. The monoisotopic (exact) mass is 272 g/mol. The van der Waals surface area contributed by atoms with Gasteiger partial charge in [0.2, 0.25) is 0 Å². The van der Waals surface area contributed by atoms with E-state index in [9.17, 15) is 0 Å². The van der Waals surface area contributed by atoms with Gasteiger partial charge in [0.25, 0.3) is 0 Å². The number of ether oxygens (including phenoxy) is 2. The van der Waals surface area contributed by atoms with Gasteiger partial charge in [-0.2, -0.15) is 0 Å². The minimum Gasteiger partial charge on any atom is -0.377 e. The molecule has 0 aromatic carbocycles. The minimum atomic E-state index is 0.194. The SMILES string of the molecule is CCCCCCCC(CN)N1CC(OC)C(OC)C1. The first kappa shape index (κ1) is 16.9. The molecule has 2 N–H and O–H groups in total. The zero-order valence-electron chi connectivity index (χ0n) is 12.9. The van der Waals surface area contributed by atoms with Crippen LogP contribution in [0.25, 0.3) is 0 Å². The maximum atomic E-state index is 5.94. The van der Waals surface area contributed by atoms with Crippen molar-refractivity contribution < 1.29 is 9.47 Å². The lowest BCUT2D eigenvalue weighted by molar-refractivity contribution is -0.00461. The highest BCUT2D eigenvalue weighted by atomic mass is 16.5. The maximum Gasteiger partial charge on any atom is 0.0971 e. The second-order valence-electron chi connectivity index (χ2n) is 5.59. The average Bonchev–Trinajstić information content (AvgIpc) is 2.86. The molecule has 4 heteroatoms. The predicted octanol–water partition coefficient (Wildman–Crippen LogP) is 2.02. The van der Waals surface area contributed by atoms with Crippen LogP contribution in [0.3, 0.4) is 0 Å². The van der Waals surface area contributed by atoms with Crippen molar-refractivity contribution >= 4 is 0 Å². The van der Waals surface area contributed by atoms with Crippen LogP contribution in [0.1, 0.15) is 45.4 Å². The quantitative estimate of drug-likeness (QED) is 0.618. The van der Waals surface area contributed by atoms with E-state index in [2.05, 4.69) is 11.8 Å². The van der Waals surface area contributed by atoms with Gasteiger partial charge in [0.1, 0.15) is 0 Å². The molecule has 4 nitrogen and oxygen atoms in total. The fourth-order valence-corrected chi connectivity index (χ4v) is 2.96. The molecule has 1 aliphatic heterocycles. The molecule has 0 aromatic rings. The van der Waals surface area contributed by atoms with Gasteiger partial charge in [0.05, 0.1) is 12.2 Å². The summed E-state index contributed by atoms with van der Waals surface area (Å²) in [5, 5.41) is 0. The molecule has 3 unspecified atom stereocenters. The maximum absolute atomic E-state index is 5.94. The molecule has 3 atom stereocenters. The van der Waals surface area contributed by atoms with Gasteiger partial charge in [-0.05, 0) is 6.42 Å². The Bertz CT molecular complexity index is 214. The van der Waals surface area contributed by atoms with Gasteiger partial charge in [-0.1, -0.05) is 39.0 Å². The van der Waals surface area contributed by atoms with Crippen LogP contribution in [0.5, 0.6) is 0 Å². The van der Waals surface area contributed by atoms with E-state index in [1.807, 2.05) is 0 Å². The van der Waals surface area contributed by atoms with Gasteiger partial charge in [-0.3, -0.25) is 4.90 Å². The van der Waals surface area contributed by atoms with Gasteiger partial charge in [-0.25, -0.2) is 0 Å². The minimum absolute atomic E-state index is 0.194. The van der Waals surface area contributed by atoms with Crippen LogP contribution in [-0.4, -0.2) is 57.0 Å². The summed E-state index contributed by atoms with van der Waals surface area (Å²) in [6, 6.07) is 0.486. The molecule has 0 aliphatic carbocycles. The summed E-state index contributed by atoms with van der Waals surface area (Å²) in [5.41, 5.74) is 5.94. The van der Waals surface area contributed by atoms with E-state index >= 15 is 0 Å². The van der Waals surface area contributed by atoms with Crippen LogP contribution in [-0.2, 0) is 9.47 Å². The molecule has 0 amide bonds. The summed E-state index contributed by atoms with van der Waals surface area (Å²) >= 11 is 0. The Labute approximate surface area is 118 Å². The number of hydrogen-bond donors (Lipinski definition) is 1. The van der Waals surface area contributed by atoms with Crippen LogP contribution in [0.15, 0.2) is 0 Å². The first-order valence-electron chi connectivity index (χ1n) is 7.76. The first-order valence-corrected chi connectivity index (χ1v) is 7.76. The Hall–Kier alpha value is -0.160. The van der Waals surface area contributed by atoms with E-state index in [1.165, 1.54) is 38.5 Å². The summed E-state index contributed by atoms with van der Waals surface area (Å²) in [6.45, 7) is 4.89. The summed E-state index contributed by atoms with van der Waals surface area (Å²) in [6.07, 6.45) is 8.22. The molecule has 0 saturated carbocycles. The number of hydrogen-bond acceptors (Lipinski definition) is 4. The molecule has 0 bridgehead atoms. The fraction of sp³-hybridized carbons (Fsp3) is 1.00. The number of nitrogens with two attached hydrogens (primary N) is 1. The lowest BCUT2D eigenvalue weighted by Crippen LogP contribution is -2.40. The zero-order chi connectivity index (χ0) is 14.1. The molecular formula is C15H32N2O2. The Morgan fingerprint density at radius 3 is 2.11 bits per heavy atom.